The first-order chi connectivity index (χ1) is 11.2. The summed E-state index contributed by atoms with van der Waals surface area (Å²) in [4.78, 5) is 23.7. The van der Waals surface area contributed by atoms with E-state index < -0.39 is 35.4 Å². The maximum atomic E-state index is 12.9. The average Bonchev–Trinajstić information content (AvgIpc) is 2.93. The Labute approximate surface area is 134 Å². The SMILES string of the molecule is Cc1cc(C(=O)O[C@H](C)C(=O)Nc2ccccc2C(F)(F)F)on1. The van der Waals surface area contributed by atoms with E-state index in [1.54, 1.807) is 6.92 Å². The minimum atomic E-state index is -4.62. The Morgan fingerprint density at radius 1 is 1.29 bits per heavy atom. The molecule has 1 aromatic carbocycles. The van der Waals surface area contributed by atoms with Gasteiger partial charge in [-0.2, -0.15) is 13.2 Å². The zero-order valence-corrected chi connectivity index (χ0v) is 12.7. The Bertz CT molecular complexity index is 755. The van der Waals surface area contributed by atoms with Crippen LogP contribution in [0.1, 0.15) is 28.7 Å². The maximum Gasteiger partial charge on any atom is 0.418 e. The van der Waals surface area contributed by atoms with Crippen molar-refractivity contribution in [2.75, 3.05) is 5.32 Å². The number of carbonyl (C=O) groups is 2. The van der Waals surface area contributed by atoms with E-state index in [0.29, 0.717) is 5.69 Å². The lowest BCUT2D eigenvalue weighted by Gasteiger charge is -2.16. The summed E-state index contributed by atoms with van der Waals surface area (Å²) in [6.45, 7) is 2.82. The third-order valence-electron chi connectivity index (χ3n) is 2.97. The number of benzene rings is 1. The Balaban J connectivity index is 2.06. The highest BCUT2D eigenvalue weighted by atomic mass is 19.4. The van der Waals surface area contributed by atoms with E-state index in [0.717, 1.165) is 12.1 Å². The van der Waals surface area contributed by atoms with Crippen LogP contribution < -0.4 is 5.32 Å². The number of rotatable bonds is 4. The topological polar surface area (TPSA) is 81.4 Å². The second kappa shape index (κ2) is 6.73. The fraction of sp³-hybridized carbons (Fsp3) is 0.267. The summed E-state index contributed by atoms with van der Waals surface area (Å²) in [5.74, 6) is -2.05. The van der Waals surface area contributed by atoms with Crippen molar-refractivity contribution in [1.29, 1.82) is 0 Å². The van der Waals surface area contributed by atoms with E-state index in [1.807, 2.05) is 0 Å². The normalized spacial score (nSPS) is 12.5. The minimum Gasteiger partial charge on any atom is -0.447 e. The van der Waals surface area contributed by atoms with Gasteiger partial charge in [0, 0.05) is 6.07 Å². The predicted octanol–water partition coefficient (Wildman–Crippen LogP) is 3.19. The number of nitrogens with one attached hydrogen (secondary N) is 1. The number of anilines is 1. The molecule has 0 spiro atoms. The molecule has 128 valence electrons. The second-order valence-corrected chi connectivity index (χ2v) is 4.91. The maximum absolute atomic E-state index is 12.9. The molecule has 0 saturated heterocycles. The minimum absolute atomic E-state index is 0.206. The summed E-state index contributed by atoms with van der Waals surface area (Å²) in [7, 11) is 0. The van der Waals surface area contributed by atoms with Gasteiger partial charge in [0.15, 0.2) is 6.10 Å². The molecule has 0 saturated carbocycles. The molecule has 6 nitrogen and oxygen atoms in total. The molecule has 2 aromatic rings. The van der Waals surface area contributed by atoms with Crippen LogP contribution >= 0.6 is 0 Å². The number of amides is 1. The highest BCUT2D eigenvalue weighted by Gasteiger charge is 2.34. The smallest absolute Gasteiger partial charge is 0.418 e. The van der Waals surface area contributed by atoms with Crippen LogP contribution in [0.2, 0.25) is 0 Å². The molecule has 0 unspecified atom stereocenters. The molecule has 0 bridgehead atoms. The van der Waals surface area contributed by atoms with Gasteiger partial charge in [-0.3, -0.25) is 4.79 Å². The van der Waals surface area contributed by atoms with Crippen LogP contribution in [0, 0.1) is 6.92 Å². The molecule has 0 aliphatic heterocycles. The number of nitrogens with zero attached hydrogens (tertiary/aromatic N) is 1. The number of esters is 1. The van der Waals surface area contributed by atoms with Crippen molar-refractivity contribution in [2.24, 2.45) is 0 Å². The fourth-order valence-corrected chi connectivity index (χ4v) is 1.81. The van der Waals surface area contributed by atoms with E-state index in [4.69, 9.17) is 4.74 Å². The molecule has 1 N–H and O–H groups in total. The molecule has 9 heteroatoms. The van der Waals surface area contributed by atoms with Crippen LogP contribution in [-0.2, 0) is 15.7 Å². The van der Waals surface area contributed by atoms with Gasteiger partial charge in [0.05, 0.1) is 16.9 Å². The third kappa shape index (κ3) is 4.12. The number of alkyl halides is 3. The van der Waals surface area contributed by atoms with E-state index in [-0.39, 0.29) is 5.76 Å². The van der Waals surface area contributed by atoms with Gasteiger partial charge in [-0.25, -0.2) is 4.79 Å². The van der Waals surface area contributed by atoms with E-state index in [2.05, 4.69) is 15.0 Å². The lowest BCUT2D eigenvalue weighted by atomic mass is 10.1. The zero-order valence-electron chi connectivity index (χ0n) is 12.7. The Morgan fingerprint density at radius 3 is 2.54 bits per heavy atom. The highest BCUT2D eigenvalue weighted by molar-refractivity contribution is 5.97. The Hall–Kier alpha value is -2.84. The molecule has 0 aliphatic rings. The van der Waals surface area contributed by atoms with Crippen molar-refractivity contribution in [1.82, 2.24) is 5.16 Å². The molecule has 24 heavy (non-hydrogen) atoms. The first-order valence-corrected chi connectivity index (χ1v) is 6.80. The molecule has 0 radical (unpaired) electrons. The quantitative estimate of drug-likeness (QED) is 0.863. The van der Waals surface area contributed by atoms with Crippen LogP contribution in [0.25, 0.3) is 0 Å². The number of hydrogen-bond acceptors (Lipinski definition) is 5. The van der Waals surface area contributed by atoms with Gasteiger partial charge in [-0.1, -0.05) is 17.3 Å². The van der Waals surface area contributed by atoms with Gasteiger partial charge < -0.3 is 14.6 Å². The van der Waals surface area contributed by atoms with Gasteiger partial charge in [0.25, 0.3) is 5.91 Å². The molecule has 1 heterocycles. The number of aromatic nitrogens is 1. The molecule has 1 atom stereocenters. The van der Waals surface area contributed by atoms with Crippen LogP contribution in [0.4, 0.5) is 18.9 Å². The van der Waals surface area contributed by atoms with E-state index in [9.17, 15) is 22.8 Å². The number of aryl methyl sites for hydroxylation is 1. The zero-order chi connectivity index (χ0) is 17.9. The lowest BCUT2D eigenvalue weighted by molar-refractivity contribution is -0.137. The van der Waals surface area contributed by atoms with E-state index >= 15 is 0 Å². The number of para-hydroxylation sites is 1. The highest BCUT2D eigenvalue weighted by Crippen LogP contribution is 2.34. The van der Waals surface area contributed by atoms with Crippen molar-refractivity contribution >= 4 is 17.6 Å². The average molecular weight is 342 g/mol. The van der Waals surface area contributed by atoms with Gasteiger partial charge in [-0.15, -0.1) is 0 Å². The molecule has 1 amide bonds. The Morgan fingerprint density at radius 2 is 1.96 bits per heavy atom. The van der Waals surface area contributed by atoms with Crippen LogP contribution in [0.15, 0.2) is 34.9 Å². The molecule has 0 fully saturated rings. The molecule has 2 rings (SSSR count). The number of hydrogen-bond donors (Lipinski definition) is 1. The van der Waals surface area contributed by atoms with Crippen molar-refractivity contribution in [3.05, 3.63) is 47.3 Å². The number of ether oxygens (including phenoxy) is 1. The van der Waals surface area contributed by atoms with Gasteiger partial charge in [0.2, 0.25) is 5.76 Å². The largest absolute Gasteiger partial charge is 0.447 e. The van der Waals surface area contributed by atoms with Crippen molar-refractivity contribution in [3.63, 3.8) is 0 Å². The first-order valence-electron chi connectivity index (χ1n) is 6.80. The molecule has 1 aromatic heterocycles. The fourth-order valence-electron chi connectivity index (χ4n) is 1.81. The van der Waals surface area contributed by atoms with Crippen LogP contribution in [0.3, 0.4) is 0 Å². The summed E-state index contributed by atoms with van der Waals surface area (Å²) in [5, 5.41) is 5.59. The van der Waals surface area contributed by atoms with E-state index in [1.165, 1.54) is 25.1 Å². The first kappa shape index (κ1) is 17.5. The summed E-state index contributed by atoms with van der Waals surface area (Å²) >= 11 is 0. The summed E-state index contributed by atoms with van der Waals surface area (Å²) in [5.41, 5.74) is -0.977. The molecule has 0 aliphatic carbocycles. The summed E-state index contributed by atoms with van der Waals surface area (Å²) in [6, 6.07) is 5.80. The number of halogens is 3. The summed E-state index contributed by atoms with van der Waals surface area (Å²) < 4.78 is 48.2. The van der Waals surface area contributed by atoms with Gasteiger partial charge in [-0.05, 0) is 26.0 Å². The van der Waals surface area contributed by atoms with Gasteiger partial charge >= 0.3 is 12.1 Å². The standard InChI is InChI=1S/C15H13F3N2O4/c1-8-7-12(24-20-8)14(22)23-9(2)13(21)19-11-6-4-3-5-10(11)15(16,17)18/h3-7,9H,1-2H3,(H,19,21)/t9-/m1/s1. The molecular formula is C15H13F3N2O4. The lowest BCUT2D eigenvalue weighted by Crippen LogP contribution is -2.30. The monoisotopic (exact) mass is 342 g/mol. The van der Waals surface area contributed by atoms with Crippen LogP contribution in [-0.4, -0.2) is 23.1 Å². The van der Waals surface area contributed by atoms with Crippen LogP contribution in [0.5, 0.6) is 0 Å². The van der Waals surface area contributed by atoms with Crippen molar-refractivity contribution in [2.45, 2.75) is 26.1 Å². The van der Waals surface area contributed by atoms with Crippen molar-refractivity contribution < 1.29 is 32.0 Å². The summed E-state index contributed by atoms with van der Waals surface area (Å²) in [6.07, 6.45) is -5.95. The number of carbonyl (C=O) groups excluding carboxylic acids is 2. The third-order valence-corrected chi connectivity index (χ3v) is 2.97. The molecular weight excluding hydrogens is 329 g/mol. The van der Waals surface area contributed by atoms with Gasteiger partial charge in [0.1, 0.15) is 0 Å². The second-order valence-electron chi connectivity index (χ2n) is 4.91. The predicted molar refractivity (Wildman–Crippen MR) is 76.2 cm³/mol. The Kier molecular flexibility index (Phi) is 4.91. The van der Waals surface area contributed by atoms with Crippen molar-refractivity contribution in [3.8, 4) is 0 Å².